The van der Waals surface area contributed by atoms with Crippen molar-refractivity contribution in [3.8, 4) is 0 Å². The standard InChI is InChI=1S/C17H22FN5/c1-21-8-2-3-16(21)13-20-17(19)23-11-9-22(10-12-23)15-6-4-14(18)5-7-15/h2-8H,9-13H2,1H3,(H2,19,20). The Balaban J connectivity index is 1.55. The SMILES string of the molecule is Cn1cccc1CN=C(N)N1CCN(c2ccc(F)cc2)CC1. The van der Waals surface area contributed by atoms with Gasteiger partial charge in [0.05, 0.1) is 6.54 Å². The maximum absolute atomic E-state index is 13.0. The van der Waals surface area contributed by atoms with Crippen LogP contribution in [0.1, 0.15) is 5.69 Å². The van der Waals surface area contributed by atoms with Gasteiger partial charge in [-0.05, 0) is 36.4 Å². The molecule has 3 rings (SSSR count). The molecule has 0 bridgehead atoms. The molecule has 2 N–H and O–H groups in total. The minimum Gasteiger partial charge on any atom is -0.370 e. The van der Waals surface area contributed by atoms with Gasteiger partial charge in [0.2, 0.25) is 0 Å². The molecule has 2 aromatic rings. The Morgan fingerprint density at radius 1 is 1.13 bits per heavy atom. The third-order valence-electron chi connectivity index (χ3n) is 4.25. The number of hydrogen-bond acceptors (Lipinski definition) is 2. The molecule has 6 heteroatoms. The Morgan fingerprint density at radius 2 is 1.83 bits per heavy atom. The van der Waals surface area contributed by atoms with Crippen LogP contribution in [0, 0.1) is 5.82 Å². The van der Waals surface area contributed by atoms with Crippen molar-refractivity contribution in [1.29, 1.82) is 0 Å². The van der Waals surface area contributed by atoms with Crippen LogP contribution in [-0.2, 0) is 13.6 Å². The second-order valence-corrected chi connectivity index (χ2v) is 5.74. The fourth-order valence-corrected chi connectivity index (χ4v) is 2.77. The Bertz CT molecular complexity index is 669. The zero-order valence-corrected chi connectivity index (χ0v) is 13.3. The van der Waals surface area contributed by atoms with E-state index >= 15 is 0 Å². The Morgan fingerprint density at radius 3 is 2.43 bits per heavy atom. The van der Waals surface area contributed by atoms with Crippen LogP contribution in [-0.4, -0.2) is 41.6 Å². The van der Waals surface area contributed by atoms with E-state index in [1.54, 1.807) is 0 Å². The summed E-state index contributed by atoms with van der Waals surface area (Å²) in [5.74, 6) is 0.384. The van der Waals surface area contributed by atoms with Gasteiger partial charge in [-0.3, -0.25) is 0 Å². The Kier molecular flexibility index (Phi) is 4.50. The molecule has 0 spiro atoms. The van der Waals surface area contributed by atoms with Crippen LogP contribution in [0.15, 0.2) is 47.6 Å². The van der Waals surface area contributed by atoms with Crippen molar-refractivity contribution in [3.05, 3.63) is 54.1 Å². The average molecular weight is 315 g/mol. The lowest BCUT2D eigenvalue weighted by Crippen LogP contribution is -2.51. The van der Waals surface area contributed by atoms with E-state index in [-0.39, 0.29) is 5.82 Å². The smallest absolute Gasteiger partial charge is 0.191 e. The lowest BCUT2D eigenvalue weighted by atomic mass is 10.2. The van der Waals surface area contributed by atoms with Crippen LogP contribution in [0.3, 0.4) is 0 Å². The van der Waals surface area contributed by atoms with E-state index in [0.29, 0.717) is 12.5 Å². The van der Waals surface area contributed by atoms with Gasteiger partial charge >= 0.3 is 0 Å². The molecule has 0 radical (unpaired) electrons. The fraction of sp³-hybridized carbons (Fsp3) is 0.353. The van der Waals surface area contributed by atoms with Crippen LogP contribution < -0.4 is 10.6 Å². The molecule has 0 unspecified atom stereocenters. The number of aromatic nitrogens is 1. The molecule has 0 aliphatic carbocycles. The number of aryl methyl sites for hydroxylation is 1. The molecule has 1 fully saturated rings. The summed E-state index contributed by atoms with van der Waals surface area (Å²) in [5.41, 5.74) is 8.30. The number of rotatable bonds is 3. The molecular weight excluding hydrogens is 293 g/mol. The number of halogens is 1. The molecule has 2 heterocycles. The maximum atomic E-state index is 13.0. The molecule has 1 aliphatic rings. The van der Waals surface area contributed by atoms with E-state index in [1.807, 2.05) is 42.1 Å². The van der Waals surface area contributed by atoms with Crippen molar-refractivity contribution < 1.29 is 4.39 Å². The number of benzene rings is 1. The summed E-state index contributed by atoms with van der Waals surface area (Å²) in [6.07, 6.45) is 2.00. The zero-order valence-electron chi connectivity index (χ0n) is 13.3. The van der Waals surface area contributed by atoms with Crippen LogP contribution in [0.2, 0.25) is 0 Å². The summed E-state index contributed by atoms with van der Waals surface area (Å²) >= 11 is 0. The highest BCUT2D eigenvalue weighted by molar-refractivity contribution is 5.78. The molecule has 1 aromatic carbocycles. The van der Waals surface area contributed by atoms with Gasteiger partial charge in [0.15, 0.2) is 5.96 Å². The number of anilines is 1. The average Bonchev–Trinajstić information content (AvgIpc) is 2.99. The van der Waals surface area contributed by atoms with Gasteiger partial charge in [0, 0.05) is 50.8 Å². The first-order chi connectivity index (χ1) is 11.1. The molecule has 1 saturated heterocycles. The van der Waals surface area contributed by atoms with E-state index < -0.39 is 0 Å². The van der Waals surface area contributed by atoms with Crippen LogP contribution in [0.25, 0.3) is 0 Å². The fourth-order valence-electron chi connectivity index (χ4n) is 2.77. The first-order valence-electron chi connectivity index (χ1n) is 7.79. The summed E-state index contributed by atoms with van der Waals surface area (Å²) in [4.78, 5) is 8.83. The first kappa shape index (κ1) is 15.4. The minimum absolute atomic E-state index is 0.204. The highest BCUT2D eigenvalue weighted by Crippen LogP contribution is 2.16. The molecule has 23 heavy (non-hydrogen) atoms. The quantitative estimate of drug-likeness (QED) is 0.694. The van der Waals surface area contributed by atoms with Gasteiger partial charge in [-0.2, -0.15) is 0 Å². The van der Waals surface area contributed by atoms with Gasteiger partial charge in [-0.1, -0.05) is 0 Å². The number of nitrogens with two attached hydrogens (primary N) is 1. The number of hydrogen-bond donors (Lipinski definition) is 1. The lowest BCUT2D eigenvalue weighted by Gasteiger charge is -2.36. The maximum Gasteiger partial charge on any atom is 0.191 e. The van der Waals surface area contributed by atoms with E-state index in [2.05, 4.69) is 14.8 Å². The van der Waals surface area contributed by atoms with Gasteiger partial charge < -0.3 is 20.1 Å². The van der Waals surface area contributed by atoms with Crippen LogP contribution in [0.5, 0.6) is 0 Å². The third kappa shape index (κ3) is 3.64. The number of aliphatic imine (C=N–C) groups is 1. The first-order valence-corrected chi connectivity index (χ1v) is 7.79. The van der Waals surface area contributed by atoms with E-state index in [0.717, 1.165) is 37.6 Å². The van der Waals surface area contributed by atoms with Crippen molar-refractivity contribution in [2.75, 3.05) is 31.1 Å². The van der Waals surface area contributed by atoms with Crippen molar-refractivity contribution in [2.45, 2.75) is 6.54 Å². The van der Waals surface area contributed by atoms with Gasteiger partial charge in [-0.15, -0.1) is 0 Å². The van der Waals surface area contributed by atoms with Gasteiger partial charge in [0.1, 0.15) is 5.82 Å². The molecule has 1 aliphatic heterocycles. The zero-order chi connectivity index (χ0) is 16.2. The minimum atomic E-state index is -0.204. The summed E-state index contributed by atoms with van der Waals surface area (Å²) < 4.78 is 15.0. The van der Waals surface area contributed by atoms with E-state index in [9.17, 15) is 4.39 Å². The van der Waals surface area contributed by atoms with Crippen molar-refractivity contribution in [2.24, 2.45) is 17.8 Å². The predicted octanol–water partition coefficient (Wildman–Crippen LogP) is 1.80. The molecule has 122 valence electrons. The summed E-state index contributed by atoms with van der Waals surface area (Å²) in [6.45, 7) is 3.94. The van der Waals surface area contributed by atoms with Crippen molar-refractivity contribution >= 4 is 11.6 Å². The second-order valence-electron chi connectivity index (χ2n) is 5.74. The molecule has 0 atom stereocenters. The molecule has 0 saturated carbocycles. The topological polar surface area (TPSA) is 49.8 Å². The van der Waals surface area contributed by atoms with Gasteiger partial charge in [0.25, 0.3) is 0 Å². The van der Waals surface area contributed by atoms with Crippen LogP contribution >= 0.6 is 0 Å². The predicted molar refractivity (Wildman–Crippen MR) is 90.9 cm³/mol. The highest BCUT2D eigenvalue weighted by atomic mass is 19.1. The van der Waals surface area contributed by atoms with Crippen LogP contribution in [0.4, 0.5) is 10.1 Å². The molecule has 1 aromatic heterocycles. The summed E-state index contributed by atoms with van der Waals surface area (Å²) in [6, 6.07) is 10.7. The molecule has 0 amide bonds. The third-order valence-corrected chi connectivity index (χ3v) is 4.25. The lowest BCUT2D eigenvalue weighted by molar-refractivity contribution is 0.380. The number of piperazine rings is 1. The second kappa shape index (κ2) is 6.73. The monoisotopic (exact) mass is 315 g/mol. The van der Waals surface area contributed by atoms with Gasteiger partial charge in [-0.25, -0.2) is 9.38 Å². The largest absolute Gasteiger partial charge is 0.370 e. The van der Waals surface area contributed by atoms with Crippen molar-refractivity contribution in [1.82, 2.24) is 9.47 Å². The summed E-state index contributed by atoms with van der Waals surface area (Å²) in [5, 5.41) is 0. The highest BCUT2D eigenvalue weighted by Gasteiger charge is 2.18. The summed E-state index contributed by atoms with van der Waals surface area (Å²) in [7, 11) is 2.00. The Labute approximate surface area is 135 Å². The van der Waals surface area contributed by atoms with Crippen molar-refractivity contribution in [3.63, 3.8) is 0 Å². The Hall–Kier alpha value is -2.50. The van der Waals surface area contributed by atoms with E-state index in [4.69, 9.17) is 5.73 Å². The number of nitrogens with zero attached hydrogens (tertiary/aromatic N) is 4. The molecule has 5 nitrogen and oxygen atoms in total. The molecular formula is C17H22FN5. The van der Waals surface area contributed by atoms with E-state index in [1.165, 1.54) is 12.1 Å². The number of guanidine groups is 1. The normalized spacial score (nSPS) is 16.0.